The summed E-state index contributed by atoms with van der Waals surface area (Å²) in [5.74, 6) is -0.960. The van der Waals surface area contributed by atoms with Gasteiger partial charge in [0.05, 0.1) is 24.4 Å². The third-order valence-electron chi connectivity index (χ3n) is 5.22. The monoisotopic (exact) mass is 513 g/mol. The predicted octanol–water partition coefficient (Wildman–Crippen LogP) is 5.31. The molecule has 1 aliphatic heterocycles. The largest absolute Gasteiger partial charge is 0.465 e. The van der Waals surface area contributed by atoms with Crippen molar-refractivity contribution in [3.05, 3.63) is 58.6 Å². The van der Waals surface area contributed by atoms with Gasteiger partial charge in [-0.2, -0.15) is 18.3 Å². The molecule has 182 valence electrons. The van der Waals surface area contributed by atoms with Crippen molar-refractivity contribution < 1.29 is 27.5 Å². The van der Waals surface area contributed by atoms with Gasteiger partial charge in [0.25, 0.3) is 0 Å². The summed E-state index contributed by atoms with van der Waals surface area (Å²) >= 11 is 6.91. The van der Waals surface area contributed by atoms with Gasteiger partial charge < -0.3 is 10.1 Å². The molecule has 1 N–H and O–H groups in total. The molecule has 1 aliphatic rings. The van der Waals surface area contributed by atoms with Crippen LogP contribution in [0.15, 0.2) is 52.5 Å². The first-order valence-corrected chi connectivity index (χ1v) is 11.9. The lowest BCUT2D eigenvalue weighted by molar-refractivity contribution is -0.150. The van der Waals surface area contributed by atoms with Crippen LogP contribution in [0.3, 0.4) is 0 Å². The number of halogens is 4. The molecule has 0 radical (unpaired) electrons. The number of rotatable bonds is 7. The van der Waals surface area contributed by atoms with Crippen LogP contribution in [0.1, 0.15) is 25.0 Å². The predicted molar refractivity (Wildman–Crippen MR) is 126 cm³/mol. The molecule has 34 heavy (non-hydrogen) atoms. The van der Waals surface area contributed by atoms with Crippen LogP contribution in [0, 0.1) is 5.41 Å². The first-order valence-electron chi connectivity index (χ1n) is 10.3. The number of nitrogens with one attached hydrogen (secondary N) is 1. The summed E-state index contributed by atoms with van der Waals surface area (Å²) in [5.41, 5.74) is -0.550. The lowest BCUT2D eigenvalue weighted by atomic mass is 9.82. The Morgan fingerprint density at radius 2 is 1.91 bits per heavy atom. The zero-order valence-electron chi connectivity index (χ0n) is 18.7. The number of carbonyl (C=O) groups is 2. The van der Waals surface area contributed by atoms with Crippen molar-refractivity contribution in [1.82, 2.24) is 5.01 Å². The Morgan fingerprint density at radius 3 is 2.50 bits per heavy atom. The maximum Gasteiger partial charge on any atom is 0.417 e. The third kappa shape index (κ3) is 5.67. The van der Waals surface area contributed by atoms with Crippen molar-refractivity contribution in [2.45, 2.75) is 24.9 Å². The van der Waals surface area contributed by atoms with E-state index in [1.54, 1.807) is 38.1 Å². The fourth-order valence-corrected chi connectivity index (χ4v) is 4.40. The van der Waals surface area contributed by atoms with Crippen LogP contribution in [0.4, 0.5) is 18.9 Å². The number of ether oxygens (including phenoxy) is 1. The Kier molecular flexibility index (Phi) is 7.82. The summed E-state index contributed by atoms with van der Waals surface area (Å²) in [6.07, 6.45) is -2.95. The molecular weight excluding hydrogens is 491 g/mol. The summed E-state index contributed by atoms with van der Waals surface area (Å²) in [5, 5.41) is 9.07. The number of amides is 1. The summed E-state index contributed by atoms with van der Waals surface area (Å²) in [4.78, 5) is 25.4. The molecule has 2 aromatic carbocycles. The van der Waals surface area contributed by atoms with E-state index < -0.39 is 29.0 Å². The zero-order valence-corrected chi connectivity index (χ0v) is 20.3. The molecule has 1 amide bonds. The van der Waals surface area contributed by atoms with Gasteiger partial charge in [-0.05, 0) is 56.0 Å². The lowest BCUT2D eigenvalue weighted by Crippen LogP contribution is -2.41. The average Bonchev–Trinajstić information content (AvgIpc) is 3.10. The smallest absolute Gasteiger partial charge is 0.417 e. The SMILES string of the molecule is CCOC(=O)C1(C)CN(CC(=O)Nc2ccc(C(F)(F)F)c(SC)c2)N=C1c1ccc(Cl)cc1. The second kappa shape index (κ2) is 10.3. The highest BCUT2D eigenvalue weighted by Crippen LogP contribution is 2.37. The summed E-state index contributed by atoms with van der Waals surface area (Å²) in [7, 11) is 0. The van der Waals surface area contributed by atoms with E-state index in [1.807, 2.05) is 0 Å². The first-order chi connectivity index (χ1) is 16.0. The summed E-state index contributed by atoms with van der Waals surface area (Å²) in [6.45, 7) is 3.47. The van der Waals surface area contributed by atoms with Crippen molar-refractivity contribution in [2.75, 3.05) is 31.3 Å². The topological polar surface area (TPSA) is 71.0 Å². The van der Waals surface area contributed by atoms with E-state index in [0.29, 0.717) is 16.3 Å². The van der Waals surface area contributed by atoms with Gasteiger partial charge in [0.2, 0.25) is 5.91 Å². The Balaban J connectivity index is 1.80. The van der Waals surface area contributed by atoms with Crippen LogP contribution >= 0.6 is 23.4 Å². The number of nitrogens with zero attached hydrogens (tertiary/aromatic N) is 2. The minimum Gasteiger partial charge on any atom is -0.465 e. The zero-order chi connectivity index (χ0) is 25.1. The van der Waals surface area contributed by atoms with E-state index in [0.717, 1.165) is 17.8 Å². The maximum absolute atomic E-state index is 13.1. The van der Waals surface area contributed by atoms with Crippen molar-refractivity contribution in [2.24, 2.45) is 10.5 Å². The first kappa shape index (κ1) is 25.9. The fraction of sp³-hybridized carbons (Fsp3) is 0.348. The highest BCUT2D eigenvalue weighted by molar-refractivity contribution is 7.98. The van der Waals surface area contributed by atoms with Crippen LogP contribution < -0.4 is 5.32 Å². The number of alkyl halides is 3. The number of benzene rings is 2. The molecule has 0 saturated carbocycles. The number of carbonyl (C=O) groups excluding carboxylic acids is 2. The Hall–Kier alpha value is -2.72. The molecule has 0 aliphatic carbocycles. The van der Waals surface area contributed by atoms with Gasteiger partial charge in [-0.1, -0.05) is 23.7 Å². The van der Waals surface area contributed by atoms with Gasteiger partial charge in [0.1, 0.15) is 12.0 Å². The maximum atomic E-state index is 13.1. The van der Waals surface area contributed by atoms with Gasteiger partial charge >= 0.3 is 12.1 Å². The van der Waals surface area contributed by atoms with Crippen LogP contribution in [-0.4, -0.2) is 48.5 Å². The number of anilines is 1. The number of hydrazone groups is 1. The molecule has 1 heterocycles. The molecule has 0 aromatic heterocycles. The molecule has 6 nitrogen and oxygen atoms in total. The van der Waals surface area contributed by atoms with Crippen molar-refractivity contribution in [3.8, 4) is 0 Å². The van der Waals surface area contributed by atoms with Crippen LogP contribution in [-0.2, 0) is 20.5 Å². The molecule has 0 bridgehead atoms. The normalized spacial score (nSPS) is 18.0. The summed E-state index contributed by atoms with van der Waals surface area (Å²) < 4.78 is 44.6. The van der Waals surface area contributed by atoms with E-state index in [-0.39, 0.29) is 30.3 Å². The van der Waals surface area contributed by atoms with E-state index in [4.69, 9.17) is 16.3 Å². The molecule has 3 rings (SSSR count). The number of thioether (sulfide) groups is 1. The van der Waals surface area contributed by atoms with E-state index in [9.17, 15) is 22.8 Å². The van der Waals surface area contributed by atoms with Gasteiger partial charge in [-0.15, -0.1) is 11.8 Å². The van der Waals surface area contributed by atoms with Crippen LogP contribution in [0.2, 0.25) is 5.02 Å². The van der Waals surface area contributed by atoms with Crippen LogP contribution in [0.5, 0.6) is 0 Å². The van der Waals surface area contributed by atoms with Gasteiger partial charge in [-0.3, -0.25) is 14.6 Å². The third-order valence-corrected chi connectivity index (χ3v) is 6.25. The molecule has 0 fully saturated rings. The lowest BCUT2D eigenvalue weighted by Gasteiger charge is -2.24. The van der Waals surface area contributed by atoms with Gasteiger partial charge in [0, 0.05) is 15.6 Å². The molecule has 0 saturated heterocycles. The highest BCUT2D eigenvalue weighted by Gasteiger charge is 2.47. The fourth-order valence-electron chi connectivity index (χ4n) is 3.62. The molecule has 0 spiro atoms. The second-order valence-corrected chi connectivity index (χ2v) is 9.08. The highest BCUT2D eigenvalue weighted by atomic mass is 35.5. The molecule has 1 unspecified atom stereocenters. The Bertz CT molecular complexity index is 1110. The van der Waals surface area contributed by atoms with Gasteiger partial charge in [-0.25, -0.2) is 0 Å². The summed E-state index contributed by atoms with van der Waals surface area (Å²) in [6, 6.07) is 10.2. The van der Waals surface area contributed by atoms with Crippen LogP contribution in [0.25, 0.3) is 0 Å². The van der Waals surface area contributed by atoms with Gasteiger partial charge in [0.15, 0.2) is 0 Å². The van der Waals surface area contributed by atoms with E-state index >= 15 is 0 Å². The van der Waals surface area contributed by atoms with Crippen molar-refractivity contribution >= 4 is 46.6 Å². The molecule has 11 heteroatoms. The molecule has 1 atom stereocenters. The number of hydrogen-bond donors (Lipinski definition) is 1. The Labute approximate surface area is 204 Å². The van der Waals surface area contributed by atoms with E-state index in [2.05, 4.69) is 10.4 Å². The molecule has 2 aromatic rings. The molecular formula is C23H23ClF3N3O3S. The Morgan fingerprint density at radius 1 is 1.24 bits per heavy atom. The minimum absolute atomic E-state index is 0.00408. The average molecular weight is 514 g/mol. The van der Waals surface area contributed by atoms with Crippen molar-refractivity contribution in [1.29, 1.82) is 0 Å². The quantitative estimate of drug-likeness (QED) is 0.401. The second-order valence-electron chi connectivity index (χ2n) is 7.79. The van der Waals surface area contributed by atoms with E-state index in [1.165, 1.54) is 23.4 Å². The standard InChI is InChI=1S/C23H23ClF3N3O3S/c1-4-33-21(32)22(2)13-30(29-20(22)14-5-7-15(24)8-6-14)12-19(31)28-16-9-10-17(23(25,26)27)18(11-16)34-3/h5-11H,4,12-13H2,1-3H3,(H,28,31). The van der Waals surface area contributed by atoms with Crippen molar-refractivity contribution in [3.63, 3.8) is 0 Å². The number of hydrogen-bond acceptors (Lipinski definition) is 6. The number of esters is 1. The minimum atomic E-state index is -4.49.